The molecule has 2 bridgehead atoms. The number of piperidine rings is 1. The van der Waals surface area contributed by atoms with Crippen LogP contribution in [0.25, 0.3) is 0 Å². The lowest BCUT2D eigenvalue weighted by molar-refractivity contribution is -0.177. The monoisotopic (exact) mass is 516 g/mol. The highest BCUT2D eigenvalue weighted by Gasteiger charge is 2.76. The Kier molecular flexibility index (Phi) is 5.34. The van der Waals surface area contributed by atoms with Crippen LogP contribution in [0.4, 0.5) is 8.78 Å². The number of benzene rings is 1. The van der Waals surface area contributed by atoms with E-state index in [1.54, 1.807) is 24.3 Å². The Labute approximate surface area is 186 Å². The number of aliphatic hydroxyl groups is 1. The maximum absolute atomic E-state index is 15.5. The van der Waals surface area contributed by atoms with Gasteiger partial charge in [0, 0.05) is 17.6 Å². The molecule has 1 aromatic heterocycles. The molecule has 2 fully saturated rings. The van der Waals surface area contributed by atoms with E-state index in [4.69, 9.17) is 4.74 Å². The first-order chi connectivity index (χ1) is 14.5. The van der Waals surface area contributed by atoms with Gasteiger partial charge in [0.15, 0.2) is 10.6 Å². The molecule has 4 rings (SSSR count). The van der Waals surface area contributed by atoms with Crippen LogP contribution in [0.15, 0.2) is 53.7 Å². The third-order valence-corrected chi connectivity index (χ3v) is 8.87. The number of fused-ring (bicyclic) bond motifs is 2. The number of alkyl halides is 3. The number of amides is 1. The first-order valence-electron chi connectivity index (χ1n) is 9.38. The van der Waals surface area contributed by atoms with Crippen molar-refractivity contribution in [1.82, 2.24) is 9.88 Å². The average Bonchev–Trinajstić information content (AvgIpc) is 3.16. The van der Waals surface area contributed by atoms with Gasteiger partial charge < -0.3 is 14.7 Å². The molecular formula is C20H19BrF2N2O5S. The molecule has 31 heavy (non-hydrogen) atoms. The van der Waals surface area contributed by atoms with Crippen molar-refractivity contribution in [3.63, 3.8) is 0 Å². The van der Waals surface area contributed by atoms with Crippen molar-refractivity contribution in [3.05, 3.63) is 54.2 Å². The molecule has 4 atom stereocenters. The Balaban J connectivity index is 1.71. The number of sulfone groups is 1. The van der Waals surface area contributed by atoms with Gasteiger partial charge >= 0.3 is 5.25 Å². The molecule has 11 heteroatoms. The smallest absolute Gasteiger partial charge is 0.381 e. The van der Waals surface area contributed by atoms with E-state index in [-0.39, 0.29) is 6.54 Å². The van der Waals surface area contributed by atoms with Crippen molar-refractivity contribution in [1.29, 1.82) is 0 Å². The van der Waals surface area contributed by atoms with Crippen LogP contribution in [0.2, 0.25) is 0 Å². The molecule has 1 saturated heterocycles. The number of methoxy groups -OCH3 is 1. The van der Waals surface area contributed by atoms with Crippen LogP contribution in [0, 0.1) is 5.92 Å². The Morgan fingerprint density at radius 2 is 1.97 bits per heavy atom. The standard InChI is InChI=1S/C20H19BrF2N2O5S/c1-30-13-7-5-12(6-8-13)11-25-17-16(21)14(18(25)26)10-19(17,27)20(22,23)31(28,29)15-4-2-3-9-24-15/h2-9,14,16-17,27H,10-11H2,1H3. The second-order valence-electron chi connectivity index (χ2n) is 7.63. The summed E-state index contributed by atoms with van der Waals surface area (Å²) in [6.45, 7) is -0.0614. The lowest BCUT2D eigenvalue weighted by atomic mass is 9.92. The molecular weight excluding hydrogens is 498 g/mol. The molecule has 4 unspecified atom stereocenters. The van der Waals surface area contributed by atoms with Gasteiger partial charge in [0.2, 0.25) is 5.91 Å². The molecule has 7 nitrogen and oxygen atoms in total. The summed E-state index contributed by atoms with van der Waals surface area (Å²) in [6.07, 6.45) is 0.408. The summed E-state index contributed by atoms with van der Waals surface area (Å²) in [7, 11) is -3.82. The first-order valence-corrected chi connectivity index (χ1v) is 11.8. The Hall–Kier alpha value is -2.11. The molecule has 2 heterocycles. The molecule has 0 radical (unpaired) electrons. The molecule has 1 amide bonds. The fraction of sp³-hybridized carbons (Fsp3) is 0.400. The molecule has 0 spiro atoms. The number of carbonyl (C=O) groups is 1. The van der Waals surface area contributed by atoms with Gasteiger partial charge in [0.05, 0.1) is 19.1 Å². The maximum Gasteiger partial charge on any atom is 0.381 e. The van der Waals surface area contributed by atoms with Crippen LogP contribution in [-0.2, 0) is 21.2 Å². The van der Waals surface area contributed by atoms with Crippen LogP contribution >= 0.6 is 15.9 Å². The zero-order valence-corrected chi connectivity index (χ0v) is 18.7. The fourth-order valence-electron chi connectivity index (χ4n) is 4.32. The lowest BCUT2D eigenvalue weighted by Crippen LogP contribution is -2.65. The molecule has 2 aromatic rings. The van der Waals surface area contributed by atoms with Crippen molar-refractivity contribution in [2.45, 2.75) is 39.7 Å². The molecule has 1 aliphatic heterocycles. The van der Waals surface area contributed by atoms with Gasteiger partial charge in [-0.3, -0.25) is 4.79 Å². The summed E-state index contributed by atoms with van der Waals surface area (Å²) < 4.78 is 61.6. The number of halogens is 3. The van der Waals surface area contributed by atoms with Crippen molar-refractivity contribution < 1.29 is 31.8 Å². The van der Waals surface area contributed by atoms with E-state index in [9.17, 15) is 18.3 Å². The quantitative estimate of drug-likeness (QED) is 0.592. The highest BCUT2D eigenvalue weighted by Crippen LogP contribution is 2.57. The number of hydrogen-bond donors (Lipinski definition) is 1. The van der Waals surface area contributed by atoms with Crippen LogP contribution in [0.5, 0.6) is 5.75 Å². The molecule has 166 valence electrons. The minimum Gasteiger partial charge on any atom is -0.497 e. The Bertz CT molecular complexity index is 1100. The first kappa shape index (κ1) is 22.1. The van der Waals surface area contributed by atoms with Crippen molar-refractivity contribution >= 4 is 31.7 Å². The number of hydrogen-bond acceptors (Lipinski definition) is 6. The van der Waals surface area contributed by atoms with Gasteiger partial charge in [0.25, 0.3) is 9.84 Å². The minimum atomic E-state index is -5.32. The van der Waals surface area contributed by atoms with Crippen molar-refractivity contribution in [2.75, 3.05) is 7.11 Å². The van der Waals surface area contributed by atoms with Crippen LogP contribution < -0.4 is 4.74 Å². The van der Waals surface area contributed by atoms with Gasteiger partial charge in [-0.05, 0) is 36.2 Å². The molecule has 2 aliphatic rings. The van der Waals surface area contributed by atoms with Gasteiger partial charge in [-0.15, -0.1) is 0 Å². The van der Waals surface area contributed by atoms with Crippen molar-refractivity contribution in [3.8, 4) is 5.75 Å². The van der Waals surface area contributed by atoms with E-state index in [1.165, 1.54) is 19.2 Å². The summed E-state index contributed by atoms with van der Waals surface area (Å²) in [5, 5.41) is 5.72. The number of aromatic nitrogens is 1. The molecule has 1 saturated carbocycles. The number of ether oxygens (including phenoxy) is 1. The van der Waals surface area contributed by atoms with Crippen LogP contribution in [0.1, 0.15) is 12.0 Å². The predicted octanol–water partition coefficient (Wildman–Crippen LogP) is 2.38. The highest BCUT2D eigenvalue weighted by molar-refractivity contribution is 9.09. The van der Waals surface area contributed by atoms with E-state index in [1.807, 2.05) is 0 Å². The largest absolute Gasteiger partial charge is 0.497 e. The van der Waals surface area contributed by atoms with E-state index in [2.05, 4.69) is 20.9 Å². The van der Waals surface area contributed by atoms with E-state index in [0.717, 1.165) is 17.2 Å². The average molecular weight is 517 g/mol. The number of pyridine rings is 1. The zero-order chi connectivity index (χ0) is 22.6. The third-order valence-electron chi connectivity index (χ3n) is 5.91. The van der Waals surface area contributed by atoms with E-state index < -0.39 is 54.8 Å². The van der Waals surface area contributed by atoms with Crippen molar-refractivity contribution in [2.24, 2.45) is 5.92 Å². The second kappa shape index (κ2) is 7.49. The van der Waals surface area contributed by atoms with Gasteiger partial charge in [-0.2, -0.15) is 8.78 Å². The number of carbonyl (C=O) groups excluding carboxylic acids is 1. The molecule has 1 aliphatic carbocycles. The summed E-state index contributed by atoms with van der Waals surface area (Å²) in [5.41, 5.74) is -2.36. The Morgan fingerprint density at radius 1 is 1.29 bits per heavy atom. The summed E-state index contributed by atoms with van der Waals surface area (Å²) in [6, 6.07) is 8.83. The maximum atomic E-state index is 15.5. The number of likely N-dealkylation sites (tertiary alicyclic amines) is 1. The normalized spacial score (nSPS) is 28.2. The summed E-state index contributed by atoms with van der Waals surface area (Å²) in [5.74, 6) is -0.808. The SMILES string of the molecule is COc1ccc(CN2C(=O)C3CC(O)(C(F)(F)S(=O)(=O)c4ccccn4)C2C3Br)cc1. The van der Waals surface area contributed by atoms with Crippen LogP contribution in [-0.4, -0.2) is 58.1 Å². The van der Waals surface area contributed by atoms with Gasteiger partial charge in [0.1, 0.15) is 5.75 Å². The highest BCUT2D eigenvalue weighted by atomic mass is 79.9. The third kappa shape index (κ3) is 3.16. The van der Waals surface area contributed by atoms with Crippen LogP contribution in [0.3, 0.4) is 0 Å². The topological polar surface area (TPSA) is 96.8 Å². The Morgan fingerprint density at radius 3 is 2.52 bits per heavy atom. The number of nitrogens with zero attached hydrogens (tertiary/aromatic N) is 2. The molecule has 1 aromatic carbocycles. The van der Waals surface area contributed by atoms with Gasteiger partial charge in [-0.25, -0.2) is 13.4 Å². The van der Waals surface area contributed by atoms with E-state index in [0.29, 0.717) is 11.3 Å². The zero-order valence-electron chi connectivity index (χ0n) is 16.3. The van der Waals surface area contributed by atoms with Gasteiger partial charge in [-0.1, -0.05) is 34.1 Å². The van der Waals surface area contributed by atoms with E-state index >= 15 is 8.78 Å². The lowest BCUT2D eigenvalue weighted by Gasteiger charge is -2.43. The minimum absolute atomic E-state index is 0.0614. The number of rotatable bonds is 6. The molecule has 1 N–H and O–H groups in total. The second-order valence-corrected chi connectivity index (χ2v) is 10.6. The fourth-order valence-corrected chi connectivity index (χ4v) is 6.85. The summed E-state index contributed by atoms with van der Waals surface area (Å²) >= 11 is 3.25. The predicted molar refractivity (Wildman–Crippen MR) is 109 cm³/mol. The summed E-state index contributed by atoms with van der Waals surface area (Å²) in [4.78, 5) is 16.6.